The van der Waals surface area contributed by atoms with Crippen LogP contribution in [0.15, 0.2) is 23.3 Å². The van der Waals surface area contributed by atoms with E-state index in [1.165, 1.54) is 32.1 Å². The maximum atomic E-state index is 6.12. The van der Waals surface area contributed by atoms with Gasteiger partial charge in [0, 0.05) is 36.6 Å². The van der Waals surface area contributed by atoms with Gasteiger partial charge in [0.25, 0.3) is 0 Å². The number of thioether (sulfide) groups is 1. The van der Waals surface area contributed by atoms with Crippen LogP contribution in [0.5, 0.6) is 5.88 Å². The number of nitrogens with zero attached hydrogens (tertiary/aromatic N) is 2. The van der Waals surface area contributed by atoms with Crippen LogP contribution >= 0.6 is 35.7 Å². The van der Waals surface area contributed by atoms with E-state index >= 15 is 0 Å². The van der Waals surface area contributed by atoms with Crippen LogP contribution < -0.4 is 15.4 Å². The number of ether oxygens (including phenoxy) is 1. The van der Waals surface area contributed by atoms with Gasteiger partial charge in [-0.1, -0.05) is 6.07 Å². The summed E-state index contributed by atoms with van der Waals surface area (Å²) in [4.78, 5) is 8.82. The number of guanidine groups is 1. The molecule has 0 saturated heterocycles. The normalized spacial score (nSPS) is 23.5. The highest BCUT2D eigenvalue weighted by Gasteiger charge is 2.24. The standard InChI is InChI=1S/C19H30N4OS.HI/c1-20-19(23-15-9-10-17(12-15)25-2)22-13-14-6-5-11-21-18(14)24-16-7-3-4-8-16;/h5-6,11,15-17H,3-4,7-10,12-13H2,1-2H3,(H2,20,22,23);1H. The monoisotopic (exact) mass is 490 g/mol. The zero-order valence-corrected chi connectivity index (χ0v) is 18.9. The highest BCUT2D eigenvalue weighted by Crippen LogP contribution is 2.28. The van der Waals surface area contributed by atoms with Crippen LogP contribution in [-0.4, -0.2) is 41.6 Å². The summed E-state index contributed by atoms with van der Waals surface area (Å²) in [6.07, 6.45) is 12.9. The Morgan fingerprint density at radius 3 is 2.81 bits per heavy atom. The van der Waals surface area contributed by atoms with Gasteiger partial charge in [0.1, 0.15) is 6.10 Å². The molecule has 1 heterocycles. The number of aliphatic imine (C=N–C) groups is 1. The molecule has 2 N–H and O–H groups in total. The molecule has 3 rings (SSSR count). The summed E-state index contributed by atoms with van der Waals surface area (Å²) in [5, 5.41) is 7.76. The largest absolute Gasteiger partial charge is 0.474 e. The maximum Gasteiger partial charge on any atom is 0.218 e. The Hall–Kier alpha value is -0.700. The van der Waals surface area contributed by atoms with E-state index in [1.807, 2.05) is 31.1 Å². The summed E-state index contributed by atoms with van der Waals surface area (Å²) in [6.45, 7) is 0.675. The lowest BCUT2D eigenvalue weighted by Crippen LogP contribution is -2.42. The van der Waals surface area contributed by atoms with E-state index in [4.69, 9.17) is 4.74 Å². The van der Waals surface area contributed by atoms with Gasteiger partial charge in [-0.2, -0.15) is 11.8 Å². The van der Waals surface area contributed by atoms with Gasteiger partial charge >= 0.3 is 0 Å². The first-order valence-electron chi connectivity index (χ1n) is 9.39. The molecule has 2 saturated carbocycles. The molecular weight excluding hydrogens is 459 g/mol. The molecule has 0 aromatic carbocycles. The van der Waals surface area contributed by atoms with Gasteiger partial charge in [-0.25, -0.2) is 4.98 Å². The Bertz CT molecular complexity index is 580. The van der Waals surface area contributed by atoms with E-state index in [1.54, 1.807) is 0 Å². The van der Waals surface area contributed by atoms with Crippen molar-refractivity contribution >= 4 is 41.7 Å². The van der Waals surface area contributed by atoms with E-state index < -0.39 is 0 Å². The zero-order chi connectivity index (χ0) is 17.5. The highest BCUT2D eigenvalue weighted by molar-refractivity contribution is 14.0. The van der Waals surface area contributed by atoms with E-state index in [9.17, 15) is 0 Å². The van der Waals surface area contributed by atoms with Crippen molar-refractivity contribution < 1.29 is 4.74 Å². The van der Waals surface area contributed by atoms with Crippen LogP contribution in [0.2, 0.25) is 0 Å². The minimum absolute atomic E-state index is 0. The van der Waals surface area contributed by atoms with Crippen LogP contribution in [0, 0.1) is 0 Å². The van der Waals surface area contributed by atoms with Crippen molar-refractivity contribution in [1.29, 1.82) is 0 Å². The summed E-state index contributed by atoms with van der Waals surface area (Å²) < 4.78 is 6.12. The molecule has 2 atom stereocenters. The Kier molecular flexibility index (Phi) is 9.31. The molecule has 7 heteroatoms. The fourth-order valence-corrected chi connectivity index (χ4v) is 4.48. The Balaban J connectivity index is 0.00000243. The third-order valence-corrected chi connectivity index (χ3v) is 6.25. The molecule has 0 radical (unpaired) electrons. The predicted octanol–water partition coefficient (Wildman–Crippen LogP) is 3.97. The molecule has 2 unspecified atom stereocenters. The van der Waals surface area contributed by atoms with Crippen LogP contribution in [-0.2, 0) is 6.54 Å². The van der Waals surface area contributed by atoms with Crippen molar-refractivity contribution in [3.05, 3.63) is 23.9 Å². The molecular formula is C19H31IN4OS. The fourth-order valence-electron chi connectivity index (χ4n) is 3.68. The summed E-state index contributed by atoms with van der Waals surface area (Å²) in [5.41, 5.74) is 1.09. The predicted molar refractivity (Wildman–Crippen MR) is 121 cm³/mol. The number of pyridine rings is 1. The molecule has 146 valence electrons. The molecule has 2 fully saturated rings. The van der Waals surface area contributed by atoms with Crippen molar-refractivity contribution in [3.8, 4) is 5.88 Å². The Labute approximate surface area is 178 Å². The Morgan fingerprint density at radius 2 is 2.12 bits per heavy atom. The number of rotatable bonds is 6. The van der Waals surface area contributed by atoms with Gasteiger partial charge in [-0.15, -0.1) is 24.0 Å². The molecule has 0 amide bonds. The highest BCUT2D eigenvalue weighted by atomic mass is 127. The average molecular weight is 490 g/mol. The lowest BCUT2D eigenvalue weighted by Gasteiger charge is -2.19. The van der Waals surface area contributed by atoms with E-state index in [-0.39, 0.29) is 24.0 Å². The van der Waals surface area contributed by atoms with Gasteiger partial charge in [0.05, 0.1) is 0 Å². The smallest absolute Gasteiger partial charge is 0.218 e. The van der Waals surface area contributed by atoms with Crippen molar-refractivity contribution in [1.82, 2.24) is 15.6 Å². The first kappa shape index (κ1) is 21.6. The van der Waals surface area contributed by atoms with Gasteiger partial charge in [-0.3, -0.25) is 4.99 Å². The molecule has 0 bridgehead atoms. The molecule has 1 aromatic heterocycles. The number of hydrogen-bond acceptors (Lipinski definition) is 4. The number of nitrogens with one attached hydrogen (secondary N) is 2. The molecule has 2 aliphatic rings. The van der Waals surface area contributed by atoms with Crippen LogP contribution in [0.4, 0.5) is 0 Å². The summed E-state index contributed by atoms with van der Waals surface area (Å²) in [5.74, 6) is 1.63. The second-order valence-electron chi connectivity index (χ2n) is 6.93. The molecule has 0 spiro atoms. The van der Waals surface area contributed by atoms with Crippen molar-refractivity contribution in [2.24, 2.45) is 4.99 Å². The van der Waals surface area contributed by atoms with Crippen molar-refractivity contribution in [2.75, 3.05) is 13.3 Å². The third-order valence-electron chi connectivity index (χ3n) is 5.16. The zero-order valence-electron chi connectivity index (χ0n) is 15.7. The maximum absolute atomic E-state index is 6.12. The number of halogens is 1. The van der Waals surface area contributed by atoms with Gasteiger partial charge in [0.2, 0.25) is 5.88 Å². The molecule has 26 heavy (non-hydrogen) atoms. The lowest BCUT2D eigenvalue weighted by molar-refractivity contribution is 0.199. The minimum atomic E-state index is 0. The van der Waals surface area contributed by atoms with Gasteiger partial charge in [0.15, 0.2) is 5.96 Å². The molecule has 1 aromatic rings. The van der Waals surface area contributed by atoms with Gasteiger partial charge in [-0.05, 0) is 57.3 Å². The van der Waals surface area contributed by atoms with Gasteiger partial charge < -0.3 is 15.4 Å². The van der Waals surface area contributed by atoms with E-state index in [2.05, 4.69) is 32.9 Å². The summed E-state index contributed by atoms with van der Waals surface area (Å²) >= 11 is 1.97. The molecule has 2 aliphatic carbocycles. The van der Waals surface area contributed by atoms with Crippen molar-refractivity contribution in [3.63, 3.8) is 0 Å². The Morgan fingerprint density at radius 1 is 1.31 bits per heavy atom. The average Bonchev–Trinajstić information content (AvgIpc) is 3.31. The van der Waals surface area contributed by atoms with Crippen LogP contribution in [0.3, 0.4) is 0 Å². The third kappa shape index (κ3) is 6.18. The molecule has 0 aliphatic heterocycles. The lowest BCUT2D eigenvalue weighted by atomic mass is 10.2. The first-order valence-corrected chi connectivity index (χ1v) is 10.7. The second-order valence-corrected chi connectivity index (χ2v) is 8.07. The van der Waals surface area contributed by atoms with Crippen molar-refractivity contribution in [2.45, 2.75) is 68.9 Å². The summed E-state index contributed by atoms with van der Waals surface area (Å²) in [6, 6.07) is 4.57. The number of aromatic nitrogens is 1. The quantitative estimate of drug-likeness (QED) is 0.359. The topological polar surface area (TPSA) is 58.5 Å². The van der Waals surface area contributed by atoms with E-state index in [0.717, 1.165) is 35.5 Å². The number of hydrogen-bond donors (Lipinski definition) is 2. The van der Waals surface area contributed by atoms with Crippen LogP contribution in [0.1, 0.15) is 50.5 Å². The van der Waals surface area contributed by atoms with Crippen LogP contribution in [0.25, 0.3) is 0 Å². The molecule has 5 nitrogen and oxygen atoms in total. The van der Waals surface area contributed by atoms with E-state index in [0.29, 0.717) is 18.7 Å². The first-order chi connectivity index (χ1) is 12.3. The second kappa shape index (κ2) is 11.2. The SMILES string of the molecule is CN=C(NCc1cccnc1OC1CCCC1)NC1CCC(SC)C1.I. The fraction of sp³-hybridized carbons (Fsp3) is 0.684. The summed E-state index contributed by atoms with van der Waals surface area (Å²) in [7, 11) is 1.83. The minimum Gasteiger partial charge on any atom is -0.474 e.